The fourth-order valence-electron chi connectivity index (χ4n) is 2.04. The number of carbonyl (C=O) groups is 2. The zero-order valence-corrected chi connectivity index (χ0v) is 15.8. The van der Waals surface area contributed by atoms with Gasteiger partial charge in [0.1, 0.15) is 5.75 Å². The number of benzene rings is 2. The molecule has 0 aliphatic rings. The largest absolute Gasteiger partial charge is 0.494 e. The second kappa shape index (κ2) is 9.22. The van der Waals surface area contributed by atoms with Gasteiger partial charge in [0.05, 0.1) is 12.2 Å². The smallest absolute Gasteiger partial charge is 0.270 e. The van der Waals surface area contributed by atoms with E-state index in [-0.39, 0.29) is 0 Å². The van der Waals surface area contributed by atoms with Gasteiger partial charge in [0.25, 0.3) is 11.8 Å². The highest BCUT2D eigenvalue weighted by molar-refractivity contribution is 9.10. The van der Waals surface area contributed by atoms with Crippen molar-refractivity contribution in [3.63, 3.8) is 0 Å². The average molecular weight is 405 g/mol. The molecule has 2 rings (SSSR count). The summed E-state index contributed by atoms with van der Waals surface area (Å²) in [6.45, 7) is 4.85. The number of halogens is 1. The number of carbonyl (C=O) groups excluding carboxylic acids is 2. The highest BCUT2D eigenvalue weighted by Crippen LogP contribution is 2.16. The van der Waals surface area contributed by atoms with Gasteiger partial charge in [-0.3, -0.25) is 20.4 Å². The molecule has 6 heteroatoms. The number of hydrazine groups is 1. The predicted molar refractivity (Wildman–Crippen MR) is 100 cm³/mol. The quantitative estimate of drug-likeness (QED) is 0.716. The molecule has 0 spiro atoms. The molecule has 0 fully saturated rings. The summed E-state index contributed by atoms with van der Waals surface area (Å²) in [6.07, 6.45) is 0.943. The molecule has 5 nitrogen and oxygen atoms in total. The lowest BCUT2D eigenvalue weighted by molar-refractivity contribution is 0.0846. The van der Waals surface area contributed by atoms with E-state index in [1.54, 1.807) is 42.5 Å². The summed E-state index contributed by atoms with van der Waals surface area (Å²) in [4.78, 5) is 24.3. The number of nitrogens with one attached hydrogen (secondary N) is 2. The van der Waals surface area contributed by atoms with Crippen LogP contribution in [0.15, 0.2) is 53.0 Å². The molecule has 0 saturated heterocycles. The molecule has 2 aromatic rings. The monoisotopic (exact) mass is 404 g/mol. The number of hydrogen-bond acceptors (Lipinski definition) is 3. The Balaban J connectivity index is 1.92. The first kappa shape index (κ1) is 19.0. The van der Waals surface area contributed by atoms with E-state index < -0.39 is 11.8 Å². The zero-order chi connectivity index (χ0) is 18.2. The highest BCUT2D eigenvalue weighted by Gasteiger charge is 2.12. The van der Waals surface area contributed by atoms with Crippen LogP contribution in [-0.4, -0.2) is 18.4 Å². The average Bonchev–Trinajstić information content (AvgIpc) is 2.59. The molecule has 0 atom stereocenters. The lowest BCUT2D eigenvalue weighted by Gasteiger charge is -2.11. The Hall–Kier alpha value is -2.34. The number of ether oxygens (including phenoxy) is 1. The van der Waals surface area contributed by atoms with E-state index in [4.69, 9.17) is 4.74 Å². The molecule has 0 aliphatic carbocycles. The van der Waals surface area contributed by atoms with Crippen molar-refractivity contribution in [2.45, 2.75) is 20.3 Å². The number of hydrogen-bond donors (Lipinski definition) is 2. The highest BCUT2D eigenvalue weighted by atomic mass is 79.9. The third kappa shape index (κ3) is 5.90. The second-order valence-electron chi connectivity index (χ2n) is 5.95. The van der Waals surface area contributed by atoms with E-state index in [9.17, 15) is 9.59 Å². The van der Waals surface area contributed by atoms with Gasteiger partial charge < -0.3 is 4.74 Å². The first-order chi connectivity index (χ1) is 12.0. The first-order valence-corrected chi connectivity index (χ1v) is 8.84. The van der Waals surface area contributed by atoms with E-state index in [1.165, 1.54) is 0 Å². The Labute approximate surface area is 155 Å². The summed E-state index contributed by atoms with van der Waals surface area (Å²) in [5.41, 5.74) is 5.67. The molecule has 25 heavy (non-hydrogen) atoms. The van der Waals surface area contributed by atoms with Gasteiger partial charge in [0, 0.05) is 10.0 Å². The van der Waals surface area contributed by atoms with Gasteiger partial charge >= 0.3 is 0 Å². The summed E-state index contributed by atoms with van der Waals surface area (Å²) in [5.74, 6) is 0.379. The summed E-state index contributed by atoms with van der Waals surface area (Å²) >= 11 is 3.30. The van der Waals surface area contributed by atoms with Crippen LogP contribution in [-0.2, 0) is 0 Å². The fraction of sp³-hybridized carbons (Fsp3) is 0.263. The van der Waals surface area contributed by atoms with E-state index in [0.29, 0.717) is 33.9 Å². The second-order valence-corrected chi connectivity index (χ2v) is 6.80. The predicted octanol–water partition coefficient (Wildman–Crippen LogP) is 3.95. The topological polar surface area (TPSA) is 67.4 Å². The van der Waals surface area contributed by atoms with Crippen LogP contribution in [0.2, 0.25) is 0 Å². The molecule has 0 saturated carbocycles. The number of rotatable bonds is 6. The lowest BCUT2D eigenvalue weighted by atomic mass is 10.1. The Kier molecular flexibility index (Phi) is 7.01. The van der Waals surface area contributed by atoms with Crippen LogP contribution in [0.3, 0.4) is 0 Å². The van der Waals surface area contributed by atoms with Crippen LogP contribution >= 0.6 is 15.9 Å². The van der Waals surface area contributed by atoms with E-state index in [2.05, 4.69) is 40.6 Å². The molecule has 0 aromatic heterocycles. The SMILES string of the molecule is CC(C)CCOc1cccc(C(=O)NNC(=O)c2ccccc2Br)c1. The van der Waals surface area contributed by atoms with Crippen molar-refractivity contribution in [3.8, 4) is 5.75 Å². The van der Waals surface area contributed by atoms with Gasteiger partial charge in [-0.1, -0.05) is 32.0 Å². The van der Waals surface area contributed by atoms with Gasteiger partial charge in [-0.15, -0.1) is 0 Å². The molecule has 0 bridgehead atoms. The minimum absolute atomic E-state index is 0.398. The van der Waals surface area contributed by atoms with Crippen molar-refractivity contribution in [2.75, 3.05) is 6.61 Å². The maximum atomic E-state index is 12.2. The van der Waals surface area contributed by atoms with Gasteiger partial charge in [0.2, 0.25) is 0 Å². The van der Waals surface area contributed by atoms with Crippen molar-refractivity contribution in [3.05, 3.63) is 64.1 Å². The van der Waals surface area contributed by atoms with E-state index >= 15 is 0 Å². The van der Waals surface area contributed by atoms with Gasteiger partial charge in [0.15, 0.2) is 0 Å². The Morgan fingerprint density at radius 3 is 2.48 bits per heavy atom. The molecular formula is C19H21BrN2O3. The molecule has 0 radical (unpaired) electrons. The summed E-state index contributed by atoms with van der Waals surface area (Å²) < 4.78 is 6.30. The standard InChI is InChI=1S/C19H21BrN2O3/c1-13(2)10-11-25-15-7-5-6-14(12-15)18(23)21-22-19(24)16-8-3-4-9-17(16)20/h3-9,12-13H,10-11H2,1-2H3,(H,21,23)(H,22,24). The normalized spacial score (nSPS) is 10.4. The van der Waals surface area contributed by atoms with E-state index in [1.807, 2.05) is 6.07 Å². The van der Waals surface area contributed by atoms with Crippen LogP contribution in [0.1, 0.15) is 41.0 Å². The molecule has 0 aliphatic heterocycles. The lowest BCUT2D eigenvalue weighted by Crippen LogP contribution is -2.41. The summed E-state index contributed by atoms with van der Waals surface area (Å²) in [7, 11) is 0. The fourth-order valence-corrected chi connectivity index (χ4v) is 2.50. The third-order valence-corrected chi connectivity index (χ3v) is 4.16. The molecular weight excluding hydrogens is 384 g/mol. The summed E-state index contributed by atoms with van der Waals surface area (Å²) in [6, 6.07) is 13.8. The molecule has 2 amide bonds. The minimum Gasteiger partial charge on any atom is -0.494 e. The van der Waals surface area contributed by atoms with Crippen molar-refractivity contribution < 1.29 is 14.3 Å². The Morgan fingerprint density at radius 2 is 1.76 bits per heavy atom. The summed E-state index contributed by atoms with van der Waals surface area (Å²) in [5, 5.41) is 0. The van der Waals surface area contributed by atoms with Crippen LogP contribution in [0.4, 0.5) is 0 Å². The van der Waals surface area contributed by atoms with Gasteiger partial charge in [-0.2, -0.15) is 0 Å². The minimum atomic E-state index is -0.408. The van der Waals surface area contributed by atoms with Crippen LogP contribution < -0.4 is 15.6 Å². The van der Waals surface area contributed by atoms with Crippen LogP contribution in [0.25, 0.3) is 0 Å². The first-order valence-electron chi connectivity index (χ1n) is 8.05. The van der Waals surface area contributed by atoms with Gasteiger partial charge in [-0.25, -0.2) is 0 Å². The number of amides is 2. The third-order valence-electron chi connectivity index (χ3n) is 3.47. The van der Waals surface area contributed by atoms with E-state index in [0.717, 1.165) is 6.42 Å². The molecule has 2 N–H and O–H groups in total. The van der Waals surface area contributed by atoms with Crippen LogP contribution in [0.5, 0.6) is 5.75 Å². The molecule has 0 unspecified atom stereocenters. The zero-order valence-electron chi connectivity index (χ0n) is 14.2. The molecule has 132 valence electrons. The molecule has 0 heterocycles. The van der Waals surface area contributed by atoms with Crippen molar-refractivity contribution >= 4 is 27.7 Å². The van der Waals surface area contributed by atoms with Crippen molar-refractivity contribution in [1.82, 2.24) is 10.9 Å². The van der Waals surface area contributed by atoms with Crippen molar-refractivity contribution in [1.29, 1.82) is 0 Å². The maximum absolute atomic E-state index is 12.2. The molecule has 2 aromatic carbocycles. The Morgan fingerprint density at radius 1 is 1.04 bits per heavy atom. The van der Waals surface area contributed by atoms with Crippen molar-refractivity contribution in [2.24, 2.45) is 5.92 Å². The van der Waals surface area contributed by atoms with Crippen LogP contribution in [0, 0.1) is 5.92 Å². The Bertz CT molecular complexity index is 747. The van der Waals surface area contributed by atoms with Gasteiger partial charge in [-0.05, 0) is 58.6 Å². The maximum Gasteiger partial charge on any atom is 0.270 e.